The van der Waals surface area contributed by atoms with Crippen molar-refractivity contribution in [3.63, 3.8) is 0 Å². The number of amides is 2. The van der Waals surface area contributed by atoms with Gasteiger partial charge in [-0.2, -0.15) is 8.75 Å². The lowest BCUT2D eigenvalue weighted by atomic mass is 10.2. The number of urea groups is 1. The largest absolute Gasteiger partial charge is 0.495 e. The second-order valence-electron chi connectivity index (χ2n) is 6.69. The molecule has 1 fully saturated rings. The molecule has 1 aliphatic rings. The van der Waals surface area contributed by atoms with E-state index in [1.165, 1.54) is 0 Å². The van der Waals surface area contributed by atoms with E-state index in [0.29, 0.717) is 16.9 Å². The number of carbonyl (C=O) groups is 1. The number of piperazine rings is 1. The Bertz CT molecular complexity index is 983. The zero-order valence-electron chi connectivity index (χ0n) is 15.8. The second kappa shape index (κ2) is 7.99. The fraction of sp³-hybridized carbons (Fsp3) is 0.316. The summed E-state index contributed by atoms with van der Waals surface area (Å²) >= 11 is 1.13. The quantitative estimate of drug-likeness (QED) is 0.703. The van der Waals surface area contributed by atoms with Gasteiger partial charge in [0.05, 0.1) is 30.2 Å². The molecule has 0 radical (unpaired) electrons. The van der Waals surface area contributed by atoms with Gasteiger partial charge in [-0.15, -0.1) is 0 Å². The summed E-state index contributed by atoms with van der Waals surface area (Å²) in [5.41, 5.74) is 3.78. The number of nitrogens with one attached hydrogen (secondary N) is 2. The molecule has 1 aromatic heterocycles. The SMILES string of the molecule is COc1ccc(NC(=O)Nc2cccc3nsnc23)cc1N1CCN(C)CC1. The Balaban J connectivity index is 1.50. The van der Waals surface area contributed by atoms with E-state index in [2.05, 4.69) is 36.2 Å². The van der Waals surface area contributed by atoms with Crippen molar-refractivity contribution >= 4 is 45.9 Å². The molecule has 0 saturated carbocycles. The van der Waals surface area contributed by atoms with Gasteiger partial charge in [-0.05, 0) is 37.4 Å². The van der Waals surface area contributed by atoms with Gasteiger partial charge in [-0.1, -0.05) is 6.07 Å². The Labute approximate surface area is 167 Å². The lowest BCUT2D eigenvalue weighted by Gasteiger charge is -2.34. The molecular weight excluding hydrogens is 376 g/mol. The molecule has 0 atom stereocenters. The van der Waals surface area contributed by atoms with Crippen molar-refractivity contribution in [2.75, 3.05) is 55.9 Å². The molecule has 146 valence electrons. The van der Waals surface area contributed by atoms with E-state index < -0.39 is 0 Å². The number of rotatable bonds is 4. The number of nitrogens with zero attached hydrogens (tertiary/aromatic N) is 4. The fourth-order valence-electron chi connectivity index (χ4n) is 3.25. The number of methoxy groups -OCH3 is 1. The molecule has 2 heterocycles. The molecule has 0 unspecified atom stereocenters. The van der Waals surface area contributed by atoms with Crippen LogP contribution >= 0.6 is 11.7 Å². The minimum absolute atomic E-state index is 0.324. The third kappa shape index (κ3) is 3.85. The molecule has 3 aromatic rings. The first-order valence-corrected chi connectivity index (χ1v) is 9.78. The zero-order valence-corrected chi connectivity index (χ0v) is 16.6. The normalized spacial score (nSPS) is 14.9. The lowest BCUT2D eigenvalue weighted by Crippen LogP contribution is -2.44. The number of carbonyl (C=O) groups excluding carboxylic acids is 1. The Hall–Kier alpha value is -2.91. The summed E-state index contributed by atoms with van der Waals surface area (Å²) in [6, 6.07) is 10.9. The minimum atomic E-state index is -0.324. The molecule has 2 N–H and O–H groups in total. The first-order valence-electron chi connectivity index (χ1n) is 9.05. The molecule has 28 heavy (non-hydrogen) atoms. The Morgan fingerprint density at radius 3 is 2.71 bits per heavy atom. The number of fused-ring (bicyclic) bond motifs is 1. The smallest absolute Gasteiger partial charge is 0.323 e. The van der Waals surface area contributed by atoms with Crippen molar-refractivity contribution in [2.24, 2.45) is 0 Å². The van der Waals surface area contributed by atoms with Crippen molar-refractivity contribution in [1.82, 2.24) is 13.6 Å². The van der Waals surface area contributed by atoms with Crippen LogP contribution in [0.15, 0.2) is 36.4 Å². The van der Waals surface area contributed by atoms with Gasteiger partial charge >= 0.3 is 6.03 Å². The highest BCUT2D eigenvalue weighted by molar-refractivity contribution is 7.00. The summed E-state index contributed by atoms with van der Waals surface area (Å²) < 4.78 is 14.0. The van der Waals surface area contributed by atoms with Crippen LogP contribution in [0, 0.1) is 0 Å². The Morgan fingerprint density at radius 2 is 1.93 bits per heavy atom. The van der Waals surface area contributed by atoms with Crippen LogP contribution < -0.4 is 20.3 Å². The number of benzene rings is 2. The third-order valence-electron chi connectivity index (χ3n) is 4.81. The molecular formula is C19H22N6O2S. The number of ether oxygens (including phenoxy) is 1. The highest BCUT2D eigenvalue weighted by Gasteiger charge is 2.18. The Kier molecular flexibility index (Phi) is 5.27. The standard InChI is InChI=1S/C19H22N6O2S/c1-24-8-10-25(11-9-24)16-12-13(6-7-17(16)27-2)20-19(26)21-14-4-3-5-15-18(14)23-28-22-15/h3-7,12H,8-11H2,1-2H3,(H2,20,21,26). The van der Waals surface area contributed by atoms with Crippen molar-refractivity contribution in [2.45, 2.75) is 0 Å². The summed E-state index contributed by atoms with van der Waals surface area (Å²) in [5, 5.41) is 5.75. The van der Waals surface area contributed by atoms with Crippen molar-refractivity contribution in [1.29, 1.82) is 0 Å². The van der Waals surface area contributed by atoms with E-state index >= 15 is 0 Å². The second-order valence-corrected chi connectivity index (χ2v) is 7.22. The van der Waals surface area contributed by atoms with Crippen molar-refractivity contribution in [3.8, 4) is 5.75 Å². The van der Waals surface area contributed by atoms with E-state index in [9.17, 15) is 4.79 Å². The van der Waals surface area contributed by atoms with Crippen LogP contribution in [0.5, 0.6) is 5.75 Å². The maximum absolute atomic E-state index is 12.5. The number of likely N-dealkylation sites (N-methyl/N-ethyl adjacent to an activating group) is 1. The fourth-order valence-corrected chi connectivity index (χ4v) is 3.80. The van der Waals surface area contributed by atoms with Gasteiger partial charge < -0.3 is 25.2 Å². The van der Waals surface area contributed by atoms with E-state index in [4.69, 9.17) is 4.74 Å². The van der Waals surface area contributed by atoms with Gasteiger partial charge in [0, 0.05) is 31.9 Å². The van der Waals surface area contributed by atoms with Gasteiger partial charge in [-0.25, -0.2) is 4.79 Å². The number of anilines is 3. The zero-order chi connectivity index (χ0) is 19.5. The molecule has 1 aliphatic heterocycles. The average molecular weight is 398 g/mol. The number of aromatic nitrogens is 2. The Morgan fingerprint density at radius 1 is 1.11 bits per heavy atom. The minimum Gasteiger partial charge on any atom is -0.495 e. The monoisotopic (exact) mass is 398 g/mol. The van der Waals surface area contributed by atoms with E-state index in [1.807, 2.05) is 36.4 Å². The summed E-state index contributed by atoms with van der Waals surface area (Å²) in [7, 11) is 3.78. The van der Waals surface area contributed by atoms with Crippen LogP contribution in [0.3, 0.4) is 0 Å². The van der Waals surface area contributed by atoms with E-state index in [-0.39, 0.29) is 6.03 Å². The highest BCUT2D eigenvalue weighted by atomic mass is 32.1. The van der Waals surface area contributed by atoms with Gasteiger partial charge in [0.1, 0.15) is 16.8 Å². The van der Waals surface area contributed by atoms with E-state index in [1.54, 1.807) is 7.11 Å². The topological polar surface area (TPSA) is 82.6 Å². The summed E-state index contributed by atoms with van der Waals surface area (Å²) in [5.74, 6) is 0.800. The van der Waals surface area contributed by atoms with Crippen molar-refractivity contribution < 1.29 is 9.53 Å². The molecule has 1 saturated heterocycles. The average Bonchev–Trinajstić information content (AvgIpc) is 3.18. The van der Waals surface area contributed by atoms with Crippen LogP contribution in [0.1, 0.15) is 0 Å². The van der Waals surface area contributed by atoms with Gasteiger partial charge in [0.2, 0.25) is 0 Å². The molecule has 8 nitrogen and oxygen atoms in total. The highest BCUT2D eigenvalue weighted by Crippen LogP contribution is 2.32. The lowest BCUT2D eigenvalue weighted by molar-refractivity contribution is 0.262. The summed E-state index contributed by atoms with van der Waals surface area (Å²) in [6.45, 7) is 3.82. The maximum Gasteiger partial charge on any atom is 0.323 e. The molecule has 4 rings (SSSR count). The molecule has 0 spiro atoms. The van der Waals surface area contributed by atoms with Gasteiger partial charge in [-0.3, -0.25) is 0 Å². The predicted molar refractivity (Wildman–Crippen MR) is 113 cm³/mol. The van der Waals surface area contributed by atoms with Crippen LogP contribution in [0.4, 0.5) is 21.9 Å². The number of hydrogen-bond acceptors (Lipinski definition) is 7. The van der Waals surface area contributed by atoms with Crippen LogP contribution in [-0.4, -0.2) is 60.0 Å². The summed E-state index contributed by atoms with van der Waals surface area (Å²) in [4.78, 5) is 17.1. The molecule has 2 amide bonds. The summed E-state index contributed by atoms with van der Waals surface area (Å²) in [6.07, 6.45) is 0. The van der Waals surface area contributed by atoms with Gasteiger partial charge in [0.25, 0.3) is 0 Å². The molecule has 0 aliphatic carbocycles. The van der Waals surface area contributed by atoms with E-state index in [0.717, 1.165) is 54.9 Å². The molecule has 9 heteroatoms. The molecule has 2 aromatic carbocycles. The first-order chi connectivity index (χ1) is 13.6. The van der Waals surface area contributed by atoms with Crippen molar-refractivity contribution in [3.05, 3.63) is 36.4 Å². The van der Waals surface area contributed by atoms with Crippen LogP contribution in [0.25, 0.3) is 11.0 Å². The first kappa shape index (κ1) is 18.5. The van der Waals surface area contributed by atoms with Gasteiger partial charge in [0.15, 0.2) is 0 Å². The number of hydrogen-bond donors (Lipinski definition) is 2. The van der Waals surface area contributed by atoms with Crippen LogP contribution in [0.2, 0.25) is 0 Å². The maximum atomic E-state index is 12.5. The van der Waals surface area contributed by atoms with Crippen LogP contribution in [-0.2, 0) is 0 Å². The predicted octanol–water partition coefficient (Wildman–Crippen LogP) is 3.10. The third-order valence-corrected chi connectivity index (χ3v) is 5.36. The molecule has 0 bridgehead atoms.